The maximum atomic E-state index is 6.02. The Morgan fingerprint density at radius 2 is 1.74 bits per heavy atom. The number of hydrogen-bond acceptors (Lipinski definition) is 4. The molecule has 0 saturated carbocycles. The van der Waals surface area contributed by atoms with Crippen LogP contribution >= 0.6 is 34.8 Å². The SMILES string of the molecule is ClCCN(CCCl)c1ccc(/C=N\Nc2ccnc3cc(Cl)ccc23)cc1. The summed E-state index contributed by atoms with van der Waals surface area (Å²) in [4.78, 5) is 6.49. The molecule has 0 atom stereocenters. The molecule has 0 aliphatic rings. The largest absolute Gasteiger partial charge is 0.369 e. The zero-order valence-corrected chi connectivity index (χ0v) is 16.8. The Hall–Kier alpha value is -2.01. The Bertz CT molecular complexity index is 907. The monoisotopic (exact) mass is 420 g/mol. The van der Waals surface area contributed by atoms with Crippen LogP contribution in [0.3, 0.4) is 0 Å². The minimum atomic E-state index is 0.565. The molecule has 4 nitrogen and oxygen atoms in total. The number of nitrogens with one attached hydrogen (secondary N) is 1. The molecule has 1 aromatic heterocycles. The molecule has 0 unspecified atom stereocenters. The maximum absolute atomic E-state index is 6.02. The van der Waals surface area contributed by atoms with Gasteiger partial charge < -0.3 is 4.90 Å². The Kier molecular flexibility index (Phi) is 7.16. The molecule has 1 heterocycles. The van der Waals surface area contributed by atoms with E-state index in [0.29, 0.717) is 16.8 Å². The van der Waals surface area contributed by atoms with Gasteiger partial charge in [-0.3, -0.25) is 10.4 Å². The van der Waals surface area contributed by atoms with Gasteiger partial charge in [-0.05, 0) is 42.0 Å². The molecule has 0 fully saturated rings. The van der Waals surface area contributed by atoms with E-state index in [9.17, 15) is 0 Å². The first-order chi connectivity index (χ1) is 13.2. The molecule has 7 heteroatoms. The maximum Gasteiger partial charge on any atom is 0.0738 e. The standard InChI is InChI=1S/C20H19Cl3N4/c21-8-11-27(12-9-22)17-4-1-15(2-5-17)14-25-26-19-7-10-24-20-13-16(23)3-6-18(19)20/h1-7,10,13-14H,8-9,11-12H2,(H,24,26)/b25-14-. The number of fused-ring (bicyclic) bond motifs is 1. The van der Waals surface area contributed by atoms with Gasteiger partial charge in [-0.25, -0.2) is 0 Å². The van der Waals surface area contributed by atoms with Crippen LogP contribution in [0.4, 0.5) is 11.4 Å². The Labute approximate surface area is 173 Å². The van der Waals surface area contributed by atoms with Crippen LogP contribution in [0.25, 0.3) is 10.9 Å². The number of anilines is 2. The van der Waals surface area contributed by atoms with Crippen LogP contribution < -0.4 is 10.3 Å². The van der Waals surface area contributed by atoms with Crippen molar-refractivity contribution in [2.45, 2.75) is 0 Å². The Morgan fingerprint density at radius 3 is 2.44 bits per heavy atom. The number of aromatic nitrogens is 1. The predicted octanol–water partition coefficient (Wildman–Crippen LogP) is 5.62. The zero-order chi connectivity index (χ0) is 19.1. The van der Waals surface area contributed by atoms with Crippen LogP contribution in [0, 0.1) is 0 Å². The van der Waals surface area contributed by atoms with Gasteiger partial charge in [-0.1, -0.05) is 23.7 Å². The lowest BCUT2D eigenvalue weighted by Crippen LogP contribution is -2.27. The molecule has 0 spiro atoms. The van der Waals surface area contributed by atoms with E-state index < -0.39 is 0 Å². The summed E-state index contributed by atoms with van der Waals surface area (Å²) in [5.74, 6) is 1.13. The van der Waals surface area contributed by atoms with E-state index in [1.807, 2.05) is 48.5 Å². The second-order valence-electron chi connectivity index (χ2n) is 5.85. The van der Waals surface area contributed by atoms with Crippen molar-refractivity contribution < 1.29 is 0 Å². The quantitative estimate of drug-likeness (QED) is 0.291. The average molecular weight is 422 g/mol. The highest BCUT2D eigenvalue weighted by Gasteiger charge is 2.05. The van der Waals surface area contributed by atoms with Gasteiger partial charge >= 0.3 is 0 Å². The van der Waals surface area contributed by atoms with E-state index in [0.717, 1.165) is 40.9 Å². The Balaban J connectivity index is 1.70. The van der Waals surface area contributed by atoms with E-state index in [2.05, 4.69) is 20.4 Å². The van der Waals surface area contributed by atoms with Crippen LogP contribution in [-0.4, -0.2) is 36.0 Å². The number of rotatable bonds is 8. The molecule has 0 saturated heterocycles. The van der Waals surface area contributed by atoms with Crippen molar-refractivity contribution in [3.05, 3.63) is 65.3 Å². The highest BCUT2D eigenvalue weighted by Crippen LogP contribution is 2.24. The fourth-order valence-corrected chi connectivity index (χ4v) is 3.31. The summed E-state index contributed by atoms with van der Waals surface area (Å²) in [6, 6.07) is 15.6. The highest BCUT2D eigenvalue weighted by atomic mass is 35.5. The topological polar surface area (TPSA) is 40.5 Å². The van der Waals surface area contributed by atoms with Crippen LogP contribution in [0.5, 0.6) is 0 Å². The minimum Gasteiger partial charge on any atom is -0.369 e. The zero-order valence-electron chi connectivity index (χ0n) is 14.6. The Morgan fingerprint density at radius 1 is 1.00 bits per heavy atom. The third kappa shape index (κ3) is 5.25. The first-order valence-electron chi connectivity index (χ1n) is 8.51. The number of benzene rings is 2. The van der Waals surface area contributed by atoms with Gasteiger partial charge in [0.25, 0.3) is 0 Å². The fourth-order valence-electron chi connectivity index (χ4n) is 2.74. The number of hydrazone groups is 1. The van der Waals surface area contributed by atoms with E-state index in [-0.39, 0.29) is 0 Å². The van der Waals surface area contributed by atoms with Crippen molar-refractivity contribution in [3.8, 4) is 0 Å². The summed E-state index contributed by atoms with van der Waals surface area (Å²) >= 11 is 17.7. The molecule has 3 aromatic rings. The fraction of sp³-hybridized carbons (Fsp3) is 0.200. The third-order valence-corrected chi connectivity index (χ3v) is 4.64. The van der Waals surface area contributed by atoms with E-state index >= 15 is 0 Å². The first-order valence-corrected chi connectivity index (χ1v) is 9.96. The average Bonchev–Trinajstić information content (AvgIpc) is 2.68. The van der Waals surface area contributed by atoms with Gasteiger partial charge in [-0.15, -0.1) is 23.2 Å². The molecule has 3 rings (SSSR count). The van der Waals surface area contributed by atoms with Crippen molar-refractivity contribution >= 4 is 63.3 Å². The number of hydrogen-bond donors (Lipinski definition) is 1. The normalized spacial score (nSPS) is 11.2. The van der Waals surface area contributed by atoms with Gasteiger partial charge in [-0.2, -0.15) is 5.10 Å². The van der Waals surface area contributed by atoms with Crippen molar-refractivity contribution in [2.75, 3.05) is 35.2 Å². The number of nitrogens with zero attached hydrogens (tertiary/aromatic N) is 3. The van der Waals surface area contributed by atoms with Crippen LogP contribution in [0.1, 0.15) is 5.56 Å². The van der Waals surface area contributed by atoms with Crippen molar-refractivity contribution in [1.82, 2.24) is 4.98 Å². The second kappa shape index (κ2) is 9.79. The molecule has 0 radical (unpaired) electrons. The van der Waals surface area contributed by atoms with Gasteiger partial charge in [0.05, 0.1) is 17.4 Å². The summed E-state index contributed by atoms with van der Waals surface area (Å²) < 4.78 is 0. The minimum absolute atomic E-state index is 0.565. The van der Waals surface area contributed by atoms with Gasteiger partial charge in [0.2, 0.25) is 0 Å². The summed E-state index contributed by atoms with van der Waals surface area (Å²) in [7, 11) is 0. The van der Waals surface area contributed by atoms with Crippen molar-refractivity contribution in [1.29, 1.82) is 0 Å². The molecular weight excluding hydrogens is 403 g/mol. The van der Waals surface area contributed by atoms with Crippen LogP contribution in [0.15, 0.2) is 59.8 Å². The molecule has 140 valence electrons. The van der Waals surface area contributed by atoms with E-state index in [1.54, 1.807) is 12.4 Å². The lowest BCUT2D eigenvalue weighted by atomic mass is 10.2. The second-order valence-corrected chi connectivity index (χ2v) is 7.04. The van der Waals surface area contributed by atoms with Crippen molar-refractivity contribution in [3.63, 3.8) is 0 Å². The van der Waals surface area contributed by atoms with Gasteiger partial charge in [0.1, 0.15) is 0 Å². The molecule has 0 aliphatic carbocycles. The molecule has 0 bridgehead atoms. The summed E-state index contributed by atoms with van der Waals surface area (Å²) in [6.07, 6.45) is 3.51. The molecule has 1 N–H and O–H groups in total. The summed E-state index contributed by atoms with van der Waals surface area (Å²) in [5, 5.41) is 5.97. The van der Waals surface area contributed by atoms with Crippen LogP contribution in [-0.2, 0) is 0 Å². The number of halogens is 3. The molecule has 27 heavy (non-hydrogen) atoms. The molecule has 0 amide bonds. The highest BCUT2D eigenvalue weighted by molar-refractivity contribution is 6.31. The predicted molar refractivity (Wildman–Crippen MR) is 118 cm³/mol. The van der Waals surface area contributed by atoms with Gasteiger partial charge in [0, 0.05) is 47.1 Å². The lowest BCUT2D eigenvalue weighted by Gasteiger charge is -2.22. The van der Waals surface area contributed by atoms with Crippen molar-refractivity contribution in [2.24, 2.45) is 5.10 Å². The third-order valence-electron chi connectivity index (χ3n) is 4.07. The summed E-state index contributed by atoms with van der Waals surface area (Å²) in [6.45, 7) is 1.53. The van der Waals surface area contributed by atoms with E-state index in [1.165, 1.54) is 0 Å². The number of pyridine rings is 1. The molecule has 2 aromatic carbocycles. The summed E-state index contributed by atoms with van der Waals surface area (Å²) in [5.41, 5.74) is 6.86. The number of alkyl halides is 2. The first kappa shape index (κ1) is 19.7. The van der Waals surface area contributed by atoms with E-state index in [4.69, 9.17) is 34.8 Å². The molecular formula is C20H19Cl3N4. The smallest absolute Gasteiger partial charge is 0.0738 e. The van der Waals surface area contributed by atoms with Gasteiger partial charge in [0.15, 0.2) is 0 Å². The lowest BCUT2D eigenvalue weighted by molar-refractivity contribution is 0.874. The van der Waals surface area contributed by atoms with Crippen LogP contribution in [0.2, 0.25) is 5.02 Å². The molecule has 0 aliphatic heterocycles.